The molecule has 98 valence electrons. The summed E-state index contributed by atoms with van der Waals surface area (Å²) in [4.78, 5) is 18.8. The number of para-hydroxylation sites is 1. The molecule has 0 saturated carbocycles. The van der Waals surface area contributed by atoms with Crippen molar-refractivity contribution in [2.75, 3.05) is 17.2 Å². The first kappa shape index (κ1) is 12.8. The van der Waals surface area contributed by atoms with E-state index in [2.05, 4.69) is 20.6 Å². The Morgan fingerprint density at radius 1 is 1.21 bits per heavy atom. The first-order valence-electron chi connectivity index (χ1n) is 5.76. The van der Waals surface area contributed by atoms with Crippen LogP contribution in [0.15, 0.2) is 36.7 Å². The summed E-state index contributed by atoms with van der Waals surface area (Å²) in [6.07, 6.45) is 3.06. The van der Waals surface area contributed by atoms with Crippen LogP contribution < -0.4 is 10.6 Å². The van der Waals surface area contributed by atoms with E-state index < -0.39 is 5.97 Å². The van der Waals surface area contributed by atoms with Gasteiger partial charge >= 0.3 is 5.97 Å². The summed E-state index contributed by atoms with van der Waals surface area (Å²) in [6.45, 7) is 1.77. The predicted molar refractivity (Wildman–Crippen MR) is 72.6 cm³/mol. The zero-order chi connectivity index (χ0) is 13.7. The van der Waals surface area contributed by atoms with Gasteiger partial charge in [-0.05, 0) is 18.6 Å². The summed E-state index contributed by atoms with van der Waals surface area (Å²) in [5.74, 6) is -0.0429. The van der Waals surface area contributed by atoms with Gasteiger partial charge in [-0.2, -0.15) is 0 Å². The minimum Gasteiger partial charge on any atom is -0.480 e. The molecule has 19 heavy (non-hydrogen) atoms. The van der Waals surface area contributed by atoms with Crippen molar-refractivity contribution in [3.63, 3.8) is 0 Å². The molecule has 1 aromatic carbocycles. The highest BCUT2D eigenvalue weighted by Gasteiger charge is 2.07. The second kappa shape index (κ2) is 5.81. The van der Waals surface area contributed by atoms with Crippen molar-refractivity contribution in [1.82, 2.24) is 9.97 Å². The van der Waals surface area contributed by atoms with E-state index in [4.69, 9.17) is 5.11 Å². The summed E-state index contributed by atoms with van der Waals surface area (Å²) in [5, 5.41) is 14.5. The Morgan fingerprint density at radius 2 is 1.89 bits per heavy atom. The van der Waals surface area contributed by atoms with Crippen molar-refractivity contribution in [2.24, 2.45) is 0 Å². The van der Waals surface area contributed by atoms with E-state index in [1.807, 2.05) is 31.2 Å². The normalized spacial score (nSPS) is 9.95. The number of aryl methyl sites for hydroxylation is 1. The van der Waals surface area contributed by atoms with Crippen LogP contribution in [0.3, 0.4) is 0 Å². The van der Waals surface area contributed by atoms with Gasteiger partial charge in [0, 0.05) is 18.1 Å². The average molecular weight is 258 g/mol. The molecule has 2 aromatic rings. The van der Waals surface area contributed by atoms with Crippen LogP contribution in [0.5, 0.6) is 0 Å². The Bertz CT molecular complexity index is 586. The van der Waals surface area contributed by atoms with Gasteiger partial charge in [0.15, 0.2) is 11.6 Å². The monoisotopic (exact) mass is 258 g/mol. The second-order valence-corrected chi connectivity index (χ2v) is 3.94. The zero-order valence-corrected chi connectivity index (χ0v) is 10.4. The van der Waals surface area contributed by atoms with Crippen LogP contribution in [0.2, 0.25) is 0 Å². The highest BCUT2D eigenvalue weighted by molar-refractivity contribution is 5.75. The number of benzene rings is 1. The summed E-state index contributed by atoms with van der Waals surface area (Å²) < 4.78 is 0. The lowest BCUT2D eigenvalue weighted by atomic mass is 10.2. The number of hydrogen-bond donors (Lipinski definition) is 3. The molecule has 0 aliphatic rings. The largest absolute Gasteiger partial charge is 0.480 e. The highest BCUT2D eigenvalue weighted by Crippen LogP contribution is 2.22. The first-order chi connectivity index (χ1) is 9.16. The lowest BCUT2D eigenvalue weighted by Gasteiger charge is -2.12. The molecule has 0 spiro atoms. The van der Waals surface area contributed by atoms with E-state index in [1.54, 1.807) is 6.20 Å². The molecule has 1 heterocycles. The van der Waals surface area contributed by atoms with Gasteiger partial charge in [0.1, 0.15) is 6.54 Å². The summed E-state index contributed by atoms with van der Waals surface area (Å²) >= 11 is 0. The van der Waals surface area contributed by atoms with E-state index in [9.17, 15) is 4.79 Å². The fourth-order valence-electron chi connectivity index (χ4n) is 1.56. The minimum atomic E-state index is -0.951. The Morgan fingerprint density at radius 3 is 2.58 bits per heavy atom. The SMILES string of the molecule is Cc1ccccc1Nc1nccnc1NCC(=O)O. The molecule has 0 saturated heterocycles. The van der Waals surface area contributed by atoms with Gasteiger partial charge in [-0.1, -0.05) is 18.2 Å². The van der Waals surface area contributed by atoms with E-state index in [0.717, 1.165) is 11.3 Å². The smallest absolute Gasteiger partial charge is 0.322 e. The molecule has 0 radical (unpaired) electrons. The summed E-state index contributed by atoms with van der Waals surface area (Å²) in [7, 11) is 0. The van der Waals surface area contributed by atoms with Crippen LogP contribution in [0.1, 0.15) is 5.56 Å². The Balaban J connectivity index is 2.20. The molecule has 0 bridgehead atoms. The van der Waals surface area contributed by atoms with Crippen molar-refractivity contribution < 1.29 is 9.90 Å². The molecule has 2 rings (SSSR count). The molecular formula is C13H14N4O2. The van der Waals surface area contributed by atoms with Crippen LogP contribution in [0.4, 0.5) is 17.3 Å². The number of nitrogens with one attached hydrogen (secondary N) is 2. The van der Waals surface area contributed by atoms with Crippen molar-refractivity contribution in [2.45, 2.75) is 6.92 Å². The third kappa shape index (κ3) is 3.41. The summed E-state index contributed by atoms with van der Waals surface area (Å²) in [6, 6.07) is 7.75. The van der Waals surface area contributed by atoms with Gasteiger partial charge < -0.3 is 15.7 Å². The minimum absolute atomic E-state index is 0.207. The van der Waals surface area contributed by atoms with Crippen molar-refractivity contribution in [3.05, 3.63) is 42.2 Å². The highest BCUT2D eigenvalue weighted by atomic mass is 16.4. The molecule has 0 fully saturated rings. The zero-order valence-electron chi connectivity index (χ0n) is 10.4. The topological polar surface area (TPSA) is 87.1 Å². The van der Waals surface area contributed by atoms with Crippen LogP contribution in [-0.2, 0) is 4.79 Å². The van der Waals surface area contributed by atoms with E-state index in [1.165, 1.54) is 6.20 Å². The van der Waals surface area contributed by atoms with Crippen LogP contribution in [-0.4, -0.2) is 27.6 Å². The van der Waals surface area contributed by atoms with Crippen molar-refractivity contribution in [3.8, 4) is 0 Å². The number of nitrogens with zero attached hydrogens (tertiary/aromatic N) is 2. The Kier molecular flexibility index (Phi) is 3.92. The number of carbonyl (C=O) groups is 1. The van der Waals surface area contributed by atoms with Gasteiger partial charge in [0.25, 0.3) is 0 Å². The molecule has 6 heteroatoms. The molecular weight excluding hydrogens is 244 g/mol. The van der Waals surface area contributed by atoms with E-state index in [0.29, 0.717) is 11.6 Å². The van der Waals surface area contributed by atoms with E-state index in [-0.39, 0.29) is 6.54 Å². The van der Waals surface area contributed by atoms with Crippen LogP contribution >= 0.6 is 0 Å². The fourth-order valence-corrected chi connectivity index (χ4v) is 1.56. The molecule has 0 amide bonds. The maximum Gasteiger partial charge on any atom is 0.322 e. The number of hydrogen-bond acceptors (Lipinski definition) is 5. The molecule has 0 aliphatic carbocycles. The molecule has 6 nitrogen and oxygen atoms in total. The van der Waals surface area contributed by atoms with Gasteiger partial charge in [0.05, 0.1) is 0 Å². The van der Waals surface area contributed by atoms with E-state index >= 15 is 0 Å². The predicted octanol–water partition coefficient (Wildman–Crippen LogP) is 2.03. The van der Waals surface area contributed by atoms with Crippen molar-refractivity contribution in [1.29, 1.82) is 0 Å². The maximum atomic E-state index is 10.6. The van der Waals surface area contributed by atoms with Gasteiger partial charge in [-0.3, -0.25) is 4.79 Å². The third-order valence-corrected chi connectivity index (χ3v) is 2.50. The number of carboxylic acids is 1. The molecule has 3 N–H and O–H groups in total. The third-order valence-electron chi connectivity index (χ3n) is 2.50. The summed E-state index contributed by atoms with van der Waals surface area (Å²) in [5.41, 5.74) is 1.97. The van der Waals surface area contributed by atoms with Gasteiger partial charge in [-0.15, -0.1) is 0 Å². The number of rotatable bonds is 5. The Labute approximate surface area is 110 Å². The molecule has 0 unspecified atom stereocenters. The van der Waals surface area contributed by atoms with Crippen LogP contribution in [0.25, 0.3) is 0 Å². The van der Waals surface area contributed by atoms with Gasteiger partial charge in [0.2, 0.25) is 0 Å². The lowest BCUT2D eigenvalue weighted by molar-refractivity contribution is -0.134. The number of aromatic nitrogens is 2. The first-order valence-corrected chi connectivity index (χ1v) is 5.76. The number of aliphatic carboxylic acids is 1. The second-order valence-electron chi connectivity index (χ2n) is 3.94. The average Bonchev–Trinajstić information content (AvgIpc) is 2.40. The number of carboxylic acid groups (broad SMARTS) is 1. The van der Waals surface area contributed by atoms with Gasteiger partial charge in [-0.25, -0.2) is 9.97 Å². The molecule has 0 aliphatic heterocycles. The molecule has 1 aromatic heterocycles. The fraction of sp³-hybridized carbons (Fsp3) is 0.154. The number of anilines is 3. The van der Waals surface area contributed by atoms with Crippen molar-refractivity contribution >= 4 is 23.3 Å². The lowest BCUT2D eigenvalue weighted by Crippen LogP contribution is -2.14. The Hall–Kier alpha value is -2.63. The quantitative estimate of drug-likeness (QED) is 0.760. The molecule has 0 atom stereocenters. The standard InChI is InChI=1S/C13H14N4O2/c1-9-4-2-3-5-10(9)17-13-12(14-6-7-15-13)16-8-11(18)19/h2-7H,8H2,1H3,(H,14,16)(H,15,17)(H,18,19). The van der Waals surface area contributed by atoms with Crippen LogP contribution in [0, 0.1) is 6.92 Å². The maximum absolute atomic E-state index is 10.6.